The molecule has 21 heavy (non-hydrogen) atoms. The molecule has 0 aromatic carbocycles. The number of nitrogens with one attached hydrogen (secondary N) is 1. The minimum Gasteiger partial charge on any atom is -0.381 e. The molecule has 0 bridgehead atoms. The molecule has 0 radical (unpaired) electrons. The van der Waals surface area contributed by atoms with Gasteiger partial charge in [-0.25, -0.2) is 0 Å². The number of rotatable bonds is 5. The first-order valence-electron chi connectivity index (χ1n) is 7.92. The van der Waals surface area contributed by atoms with Crippen molar-refractivity contribution in [2.24, 2.45) is 0 Å². The fourth-order valence-corrected chi connectivity index (χ4v) is 2.58. The maximum Gasteiger partial charge on any atom is 0.0547 e. The van der Waals surface area contributed by atoms with Crippen LogP contribution in [0.25, 0.3) is 0 Å². The van der Waals surface area contributed by atoms with Crippen LogP contribution in [0.5, 0.6) is 0 Å². The number of hydrogen-bond donors (Lipinski definition) is 1. The van der Waals surface area contributed by atoms with Crippen molar-refractivity contribution in [2.45, 2.75) is 58.3 Å². The smallest absolute Gasteiger partial charge is 0.0547 e. The van der Waals surface area contributed by atoms with Crippen LogP contribution >= 0.6 is 0 Å². The Kier molecular flexibility index (Phi) is 5.73. The van der Waals surface area contributed by atoms with Crippen LogP contribution in [0.3, 0.4) is 0 Å². The van der Waals surface area contributed by atoms with E-state index in [0.29, 0.717) is 6.04 Å². The van der Waals surface area contributed by atoms with E-state index in [1.807, 2.05) is 0 Å². The van der Waals surface area contributed by atoms with E-state index in [1.165, 1.54) is 0 Å². The molecule has 0 spiro atoms. The average Bonchev–Trinajstić information content (AvgIpc) is 2.46. The topological polar surface area (TPSA) is 37.4 Å². The molecule has 0 unspecified atom stereocenters. The first-order chi connectivity index (χ1) is 9.94. The van der Waals surface area contributed by atoms with E-state index in [4.69, 9.17) is 9.72 Å². The first-order valence-corrected chi connectivity index (χ1v) is 7.92. The molecule has 1 aliphatic rings. The SMILES string of the molecule is CN(Cc1cccc(CNC(C)(C)C)n1)C1CCOCC1. The molecular formula is C17H29N3O. The summed E-state index contributed by atoms with van der Waals surface area (Å²) >= 11 is 0. The average molecular weight is 291 g/mol. The Balaban J connectivity index is 1.90. The van der Waals surface area contributed by atoms with Crippen LogP contribution in [-0.4, -0.2) is 41.7 Å². The quantitative estimate of drug-likeness (QED) is 0.905. The van der Waals surface area contributed by atoms with Gasteiger partial charge in [0, 0.05) is 37.9 Å². The minimum absolute atomic E-state index is 0.122. The third-order valence-corrected chi connectivity index (χ3v) is 3.89. The van der Waals surface area contributed by atoms with E-state index in [9.17, 15) is 0 Å². The monoisotopic (exact) mass is 291 g/mol. The molecule has 1 saturated heterocycles. The third kappa shape index (κ3) is 5.73. The van der Waals surface area contributed by atoms with Gasteiger partial charge in [0.25, 0.3) is 0 Å². The number of aromatic nitrogens is 1. The summed E-state index contributed by atoms with van der Waals surface area (Å²) in [6, 6.07) is 6.95. The predicted molar refractivity (Wildman–Crippen MR) is 86.1 cm³/mol. The predicted octanol–water partition coefficient (Wildman–Crippen LogP) is 2.58. The Morgan fingerprint density at radius 2 is 1.90 bits per heavy atom. The zero-order valence-electron chi connectivity index (χ0n) is 13.9. The lowest BCUT2D eigenvalue weighted by atomic mass is 10.1. The Morgan fingerprint density at radius 1 is 1.24 bits per heavy atom. The second kappa shape index (κ2) is 7.34. The van der Waals surface area contributed by atoms with Gasteiger partial charge in [0.2, 0.25) is 0 Å². The van der Waals surface area contributed by atoms with Gasteiger partial charge in [-0.05, 0) is 52.8 Å². The Labute approximate surface area is 128 Å². The second-order valence-electron chi connectivity index (χ2n) is 6.98. The van der Waals surface area contributed by atoms with Gasteiger partial charge in [-0.15, -0.1) is 0 Å². The number of pyridine rings is 1. The van der Waals surface area contributed by atoms with Crippen LogP contribution in [0.2, 0.25) is 0 Å². The molecule has 1 aliphatic heterocycles. The van der Waals surface area contributed by atoms with Crippen LogP contribution in [-0.2, 0) is 17.8 Å². The largest absolute Gasteiger partial charge is 0.381 e. The highest BCUT2D eigenvalue weighted by atomic mass is 16.5. The first kappa shape index (κ1) is 16.4. The molecule has 0 aliphatic carbocycles. The molecule has 0 amide bonds. The maximum absolute atomic E-state index is 5.43. The fraction of sp³-hybridized carbons (Fsp3) is 0.706. The van der Waals surface area contributed by atoms with Crippen LogP contribution < -0.4 is 5.32 Å². The summed E-state index contributed by atoms with van der Waals surface area (Å²) in [6.07, 6.45) is 2.25. The van der Waals surface area contributed by atoms with Crippen molar-refractivity contribution >= 4 is 0 Å². The van der Waals surface area contributed by atoms with Crippen molar-refractivity contribution in [3.05, 3.63) is 29.6 Å². The molecule has 2 heterocycles. The number of hydrogen-bond acceptors (Lipinski definition) is 4. The van der Waals surface area contributed by atoms with Crippen molar-refractivity contribution in [3.63, 3.8) is 0 Å². The van der Waals surface area contributed by atoms with Crippen LogP contribution in [0.1, 0.15) is 45.0 Å². The summed E-state index contributed by atoms with van der Waals surface area (Å²) in [6.45, 7) is 10.0. The van der Waals surface area contributed by atoms with Crippen molar-refractivity contribution in [1.82, 2.24) is 15.2 Å². The normalized spacial score (nSPS) is 17.4. The van der Waals surface area contributed by atoms with E-state index in [-0.39, 0.29) is 5.54 Å². The fourth-order valence-electron chi connectivity index (χ4n) is 2.58. The summed E-state index contributed by atoms with van der Waals surface area (Å²) in [5, 5.41) is 3.49. The highest BCUT2D eigenvalue weighted by Crippen LogP contribution is 2.15. The third-order valence-electron chi connectivity index (χ3n) is 3.89. The van der Waals surface area contributed by atoms with Crippen molar-refractivity contribution < 1.29 is 4.74 Å². The van der Waals surface area contributed by atoms with Gasteiger partial charge in [0.05, 0.1) is 11.4 Å². The summed E-state index contributed by atoms with van der Waals surface area (Å²) in [4.78, 5) is 7.18. The van der Waals surface area contributed by atoms with Crippen LogP contribution in [0.15, 0.2) is 18.2 Å². The number of nitrogens with zero attached hydrogens (tertiary/aromatic N) is 2. The molecule has 1 N–H and O–H groups in total. The van der Waals surface area contributed by atoms with Crippen LogP contribution in [0, 0.1) is 0 Å². The zero-order chi connectivity index (χ0) is 15.3. The lowest BCUT2D eigenvalue weighted by Gasteiger charge is -2.31. The standard InChI is InChI=1S/C17H29N3O/c1-17(2,3)18-12-14-6-5-7-15(19-14)13-20(4)16-8-10-21-11-9-16/h5-7,16,18H,8-13H2,1-4H3. The molecule has 4 heteroatoms. The molecule has 1 fully saturated rings. The van der Waals surface area contributed by atoms with E-state index in [1.54, 1.807) is 0 Å². The zero-order valence-corrected chi connectivity index (χ0v) is 13.9. The number of ether oxygens (including phenoxy) is 1. The highest BCUT2D eigenvalue weighted by molar-refractivity contribution is 5.11. The van der Waals surface area contributed by atoms with Gasteiger partial charge in [-0.1, -0.05) is 6.07 Å². The van der Waals surface area contributed by atoms with Gasteiger partial charge in [-0.3, -0.25) is 9.88 Å². The van der Waals surface area contributed by atoms with Crippen molar-refractivity contribution in [2.75, 3.05) is 20.3 Å². The lowest BCUT2D eigenvalue weighted by molar-refractivity contribution is 0.0403. The van der Waals surface area contributed by atoms with Gasteiger partial charge >= 0.3 is 0 Å². The minimum atomic E-state index is 0.122. The van der Waals surface area contributed by atoms with Gasteiger partial charge in [0.1, 0.15) is 0 Å². The molecule has 118 valence electrons. The molecule has 2 rings (SSSR count). The van der Waals surface area contributed by atoms with Gasteiger partial charge in [0.15, 0.2) is 0 Å². The summed E-state index contributed by atoms with van der Waals surface area (Å²) in [5.41, 5.74) is 2.39. The Hall–Kier alpha value is -0.970. The van der Waals surface area contributed by atoms with Gasteiger partial charge < -0.3 is 10.1 Å². The molecule has 1 aromatic rings. The Morgan fingerprint density at radius 3 is 2.57 bits per heavy atom. The van der Waals surface area contributed by atoms with E-state index in [0.717, 1.165) is 50.5 Å². The van der Waals surface area contributed by atoms with E-state index < -0.39 is 0 Å². The second-order valence-corrected chi connectivity index (χ2v) is 6.98. The van der Waals surface area contributed by atoms with Crippen molar-refractivity contribution in [1.29, 1.82) is 0 Å². The summed E-state index contributed by atoms with van der Waals surface area (Å²) in [5.74, 6) is 0. The molecular weight excluding hydrogens is 262 g/mol. The summed E-state index contributed by atoms with van der Waals surface area (Å²) < 4.78 is 5.43. The van der Waals surface area contributed by atoms with E-state index >= 15 is 0 Å². The Bertz CT molecular complexity index is 436. The molecule has 4 nitrogen and oxygen atoms in total. The lowest BCUT2D eigenvalue weighted by Crippen LogP contribution is -2.36. The highest BCUT2D eigenvalue weighted by Gasteiger charge is 2.18. The van der Waals surface area contributed by atoms with E-state index in [2.05, 4.69) is 56.2 Å². The molecule has 0 saturated carbocycles. The maximum atomic E-state index is 5.43. The summed E-state index contributed by atoms with van der Waals surface area (Å²) in [7, 11) is 2.19. The molecule has 0 atom stereocenters. The molecule has 1 aromatic heterocycles. The van der Waals surface area contributed by atoms with Crippen LogP contribution in [0.4, 0.5) is 0 Å². The van der Waals surface area contributed by atoms with Gasteiger partial charge in [-0.2, -0.15) is 0 Å². The van der Waals surface area contributed by atoms with Crippen molar-refractivity contribution in [3.8, 4) is 0 Å².